The number of carboxylic acids is 1. The van der Waals surface area contributed by atoms with Crippen molar-refractivity contribution in [2.24, 2.45) is 5.92 Å². The summed E-state index contributed by atoms with van der Waals surface area (Å²) in [5.41, 5.74) is 1.73. The van der Waals surface area contributed by atoms with Crippen LogP contribution in [0.2, 0.25) is 0 Å². The van der Waals surface area contributed by atoms with Crippen molar-refractivity contribution >= 4 is 17.6 Å². The van der Waals surface area contributed by atoms with Crippen LogP contribution in [0.4, 0.5) is 5.69 Å². The van der Waals surface area contributed by atoms with Gasteiger partial charge in [-0.1, -0.05) is 0 Å². The Labute approximate surface area is 145 Å². The van der Waals surface area contributed by atoms with Crippen molar-refractivity contribution in [3.63, 3.8) is 0 Å². The zero-order valence-electron chi connectivity index (χ0n) is 14.0. The van der Waals surface area contributed by atoms with Crippen LogP contribution >= 0.6 is 0 Å². The first-order chi connectivity index (χ1) is 12.0. The number of amides is 1. The predicted octanol–water partition coefficient (Wildman–Crippen LogP) is 3.14. The fraction of sp³-hybridized carbons (Fsp3) is 0.263. The van der Waals surface area contributed by atoms with Crippen LogP contribution in [0.25, 0.3) is 0 Å². The van der Waals surface area contributed by atoms with Crippen molar-refractivity contribution in [3.8, 4) is 11.5 Å². The Morgan fingerprint density at radius 2 is 1.80 bits per heavy atom. The number of carboxylic acid groups (broad SMARTS) is 1. The van der Waals surface area contributed by atoms with Gasteiger partial charge in [-0.3, -0.25) is 4.79 Å². The van der Waals surface area contributed by atoms with E-state index in [0.29, 0.717) is 5.69 Å². The molecular formula is C19H19NO5. The minimum absolute atomic E-state index is 0.0852. The van der Waals surface area contributed by atoms with Crippen molar-refractivity contribution < 1.29 is 24.2 Å². The third-order valence-electron chi connectivity index (χ3n) is 4.36. The zero-order valence-corrected chi connectivity index (χ0v) is 14.0. The number of carbonyl (C=O) groups excluding carboxylic acids is 1. The lowest BCUT2D eigenvalue weighted by atomic mass is 10.1. The van der Waals surface area contributed by atoms with Gasteiger partial charge in [0, 0.05) is 23.1 Å². The van der Waals surface area contributed by atoms with Gasteiger partial charge in [0.05, 0.1) is 19.8 Å². The Hall–Kier alpha value is -3.02. The molecule has 1 aliphatic rings. The number of methoxy groups -OCH3 is 2. The topological polar surface area (TPSA) is 84.9 Å². The quantitative estimate of drug-likeness (QED) is 0.843. The number of nitrogens with one attached hydrogen (secondary N) is 1. The SMILES string of the molecule is COc1ccc(OC)c(C2CC2C(=O)Nc2ccc(C(=O)O)cc2)c1. The maximum atomic E-state index is 12.4. The molecule has 2 aromatic rings. The number of benzene rings is 2. The van der Waals surface area contributed by atoms with Gasteiger partial charge >= 0.3 is 5.97 Å². The number of carbonyl (C=O) groups is 2. The molecule has 130 valence electrons. The first kappa shape index (κ1) is 16.8. The predicted molar refractivity (Wildman–Crippen MR) is 92.4 cm³/mol. The van der Waals surface area contributed by atoms with Gasteiger partial charge in [0.1, 0.15) is 11.5 Å². The van der Waals surface area contributed by atoms with E-state index in [-0.39, 0.29) is 23.3 Å². The van der Waals surface area contributed by atoms with Gasteiger partial charge in [-0.15, -0.1) is 0 Å². The fourth-order valence-electron chi connectivity index (χ4n) is 2.89. The van der Waals surface area contributed by atoms with E-state index in [1.807, 2.05) is 18.2 Å². The van der Waals surface area contributed by atoms with Gasteiger partial charge in [0.25, 0.3) is 0 Å². The number of hydrogen-bond acceptors (Lipinski definition) is 4. The number of aromatic carboxylic acids is 1. The second-order valence-corrected chi connectivity index (χ2v) is 5.93. The van der Waals surface area contributed by atoms with E-state index in [2.05, 4.69) is 5.32 Å². The normalized spacial score (nSPS) is 18.3. The third-order valence-corrected chi connectivity index (χ3v) is 4.36. The summed E-state index contributed by atoms with van der Waals surface area (Å²) in [6.45, 7) is 0. The average Bonchev–Trinajstić information content (AvgIpc) is 3.42. The summed E-state index contributed by atoms with van der Waals surface area (Å²) in [5.74, 6) is 0.338. The Morgan fingerprint density at radius 1 is 1.08 bits per heavy atom. The molecule has 2 atom stereocenters. The summed E-state index contributed by atoms with van der Waals surface area (Å²) in [6, 6.07) is 11.7. The van der Waals surface area contributed by atoms with E-state index in [9.17, 15) is 9.59 Å². The monoisotopic (exact) mass is 341 g/mol. The molecule has 1 saturated carbocycles. The Morgan fingerprint density at radius 3 is 2.40 bits per heavy atom. The van der Waals surface area contributed by atoms with Gasteiger partial charge in [-0.25, -0.2) is 4.79 Å². The van der Waals surface area contributed by atoms with Crippen molar-refractivity contribution in [1.29, 1.82) is 0 Å². The van der Waals surface area contributed by atoms with Crippen LogP contribution in [0.1, 0.15) is 28.3 Å². The molecule has 0 bridgehead atoms. The van der Waals surface area contributed by atoms with Crippen LogP contribution in [-0.2, 0) is 4.79 Å². The number of ether oxygens (including phenoxy) is 2. The van der Waals surface area contributed by atoms with E-state index >= 15 is 0 Å². The second kappa shape index (κ2) is 6.84. The van der Waals surface area contributed by atoms with Gasteiger partial charge in [-0.2, -0.15) is 0 Å². The highest BCUT2D eigenvalue weighted by Crippen LogP contribution is 2.51. The molecule has 1 amide bonds. The lowest BCUT2D eigenvalue weighted by Gasteiger charge is -2.10. The Bertz CT molecular complexity index is 800. The smallest absolute Gasteiger partial charge is 0.335 e. The molecule has 6 heteroatoms. The largest absolute Gasteiger partial charge is 0.497 e. The molecule has 0 aromatic heterocycles. The highest BCUT2D eigenvalue weighted by molar-refractivity contribution is 5.96. The molecule has 2 aromatic carbocycles. The summed E-state index contributed by atoms with van der Waals surface area (Å²) < 4.78 is 10.6. The number of anilines is 1. The lowest BCUT2D eigenvalue weighted by Crippen LogP contribution is -2.14. The molecule has 0 radical (unpaired) electrons. The van der Waals surface area contributed by atoms with Gasteiger partial charge in [-0.05, 0) is 48.9 Å². The number of rotatable bonds is 6. The summed E-state index contributed by atoms with van der Waals surface area (Å²) in [5, 5.41) is 11.7. The van der Waals surface area contributed by atoms with Gasteiger partial charge in [0.2, 0.25) is 5.91 Å². The average molecular weight is 341 g/mol. The molecule has 0 heterocycles. The minimum Gasteiger partial charge on any atom is -0.497 e. The van der Waals surface area contributed by atoms with Gasteiger partial charge < -0.3 is 19.9 Å². The summed E-state index contributed by atoms with van der Waals surface area (Å²) >= 11 is 0. The van der Waals surface area contributed by atoms with Crippen LogP contribution in [-0.4, -0.2) is 31.2 Å². The first-order valence-electron chi connectivity index (χ1n) is 7.89. The fourth-order valence-corrected chi connectivity index (χ4v) is 2.89. The second-order valence-electron chi connectivity index (χ2n) is 5.93. The van der Waals surface area contributed by atoms with Crippen LogP contribution in [0, 0.1) is 5.92 Å². The van der Waals surface area contributed by atoms with Crippen LogP contribution in [0.3, 0.4) is 0 Å². The molecule has 0 aliphatic heterocycles. The molecule has 0 saturated heterocycles. The van der Waals surface area contributed by atoms with Crippen LogP contribution in [0.15, 0.2) is 42.5 Å². The number of hydrogen-bond donors (Lipinski definition) is 2. The summed E-state index contributed by atoms with van der Waals surface area (Å²) in [4.78, 5) is 23.3. The molecule has 2 unspecified atom stereocenters. The van der Waals surface area contributed by atoms with Crippen molar-refractivity contribution in [2.75, 3.05) is 19.5 Å². The van der Waals surface area contributed by atoms with E-state index in [4.69, 9.17) is 14.6 Å². The third kappa shape index (κ3) is 3.57. The van der Waals surface area contributed by atoms with Crippen molar-refractivity contribution in [2.45, 2.75) is 12.3 Å². The van der Waals surface area contributed by atoms with Gasteiger partial charge in [0.15, 0.2) is 0 Å². The zero-order chi connectivity index (χ0) is 18.0. The van der Waals surface area contributed by atoms with Crippen LogP contribution < -0.4 is 14.8 Å². The van der Waals surface area contributed by atoms with E-state index in [1.165, 1.54) is 12.1 Å². The highest BCUT2D eigenvalue weighted by atomic mass is 16.5. The molecule has 2 N–H and O–H groups in total. The molecule has 1 fully saturated rings. The highest BCUT2D eigenvalue weighted by Gasteiger charge is 2.45. The Balaban J connectivity index is 1.69. The van der Waals surface area contributed by atoms with E-state index < -0.39 is 5.97 Å². The minimum atomic E-state index is -0.995. The summed E-state index contributed by atoms with van der Waals surface area (Å²) in [7, 11) is 3.20. The maximum Gasteiger partial charge on any atom is 0.335 e. The molecule has 6 nitrogen and oxygen atoms in total. The first-order valence-corrected chi connectivity index (χ1v) is 7.89. The lowest BCUT2D eigenvalue weighted by molar-refractivity contribution is -0.117. The summed E-state index contributed by atoms with van der Waals surface area (Å²) in [6.07, 6.45) is 0.739. The van der Waals surface area contributed by atoms with Crippen molar-refractivity contribution in [1.82, 2.24) is 0 Å². The van der Waals surface area contributed by atoms with E-state index in [1.54, 1.807) is 26.4 Å². The Kier molecular flexibility index (Phi) is 4.61. The maximum absolute atomic E-state index is 12.4. The molecule has 25 heavy (non-hydrogen) atoms. The van der Waals surface area contributed by atoms with Crippen LogP contribution in [0.5, 0.6) is 11.5 Å². The molecular weight excluding hydrogens is 322 g/mol. The molecule has 1 aliphatic carbocycles. The van der Waals surface area contributed by atoms with Crippen molar-refractivity contribution in [3.05, 3.63) is 53.6 Å². The van der Waals surface area contributed by atoms with E-state index in [0.717, 1.165) is 23.5 Å². The molecule has 0 spiro atoms. The standard InChI is InChI=1S/C19H19NO5/c1-24-13-7-8-17(25-2)15(9-13)14-10-16(14)18(21)20-12-5-3-11(4-6-12)19(22)23/h3-9,14,16H,10H2,1-2H3,(H,20,21)(H,22,23). The molecule has 3 rings (SSSR count).